The number of imidazole rings is 1. The number of hydrogen-bond donors (Lipinski definition) is 1. The van der Waals surface area contributed by atoms with Crippen molar-refractivity contribution in [3.8, 4) is 0 Å². The van der Waals surface area contributed by atoms with E-state index in [0.29, 0.717) is 23.5 Å². The summed E-state index contributed by atoms with van der Waals surface area (Å²) in [6.45, 7) is 6.14. The van der Waals surface area contributed by atoms with Crippen molar-refractivity contribution in [3.05, 3.63) is 12.7 Å². The van der Waals surface area contributed by atoms with E-state index in [0.717, 1.165) is 5.75 Å². The fourth-order valence-corrected chi connectivity index (χ4v) is 8.52. The highest BCUT2D eigenvalue weighted by Gasteiger charge is 2.41. The summed E-state index contributed by atoms with van der Waals surface area (Å²) in [7, 11) is 0.443. The number of nitrogen functional groups attached to an aromatic ring is 1. The molecule has 0 aliphatic rings. The number of ether oxygens (including phenoxy) is 1. The van der Waals surface area contributed by atoms with Crippen molar-refractivity contribution in [2.45, 2.75) is 148 Å². The molecule has 2 N–H and O–H groups in total. The molecule has 0 radical (unpaired) electrons. The Morgan fingerprint density at radius 3 is 2.07 bits per heavy atom. The minimum Gasteiger partial charge on any atom is -0.382 e. The van der Waals surface area contributed by atoms with Crippen LogP contribution in [0.4, 0.5) is 5.82 Å². The number of fused-ring (bicyclic) bond motifs is 1. The molecule has 0 aliphatic heterocycles. The molecule has 0 fully saturated rings. The Labute approximate surface area is 267 Å². The largest absolute Gasteiger partial charge is 0.382 e. The third kappa shape index (κ3) is 14.5. The third-order valence-corrected chi connectivity index (χ3v) is 11.4. The van der Waals surface area contributed by atoms with E-state index in [1.165, 1.54) is 96.2 Å². The van der Waals surface area contributed by atoms with E-state index in [-0.39, 0.29) is 30.9 Å². The van der Waals surface area contributed by atoms with E-state index in [2.05, 4.69) is 21.9 Å². The Morgan fingerprint density at radius 1 is 0.907 bits per heavy atom. The average molecular weight is 656 g/mol. The molecule has 0 saturated carbocycles. The van der Waals surface area contributed by atoms with Crippen molar-refractivity contribution in [3.63, 3.8) is 0 Å². The Balaban J connectivity index is 1.67. The maximum absolute atomic E-state index is 12.6. The van der Waals surface area contributed by atoms with Crippen LogP contribution in [0.15, 0.2) is 12.7 Å². The van der Waals surface area contributed by atoms with Gasteiger partial charge in [0, 0.05) is 30.8 Å². The molecule has 2 unspecified atom stereocenters. The highest BCUT2D eigenvalue weighted by Crippen LogP contribution is 2.41. The summed E-state index contributed by atoms with van der Waals surface area (Å²) in [5.41, 5.74) is 6.94. The molecule has 2 heterocycles. The Bertz CT molecular complexity index is 1120. The first-order chi connectivity index (χ1) is 20.8. The van der Waals surface area contributed by atoms with Crippen LogP contribution in [0, 0.1) is 0 Å². The van der Waals surface area contributed by atoms with Crippen LogP contribution in [-0.4, -0.2) is 48.3 Å². The van der Waals surface area contributed by atoms with Gasteiger partial charge in [0.05, 0.1) is 19.0 Å². The maximum atomic E-state index is 12.6. The van der Waals surface area contributed by atoms with Crippen LogP contribution in [0.5, 0.6) is 0 Å². The molecule has 43 heavy (non-hydrogen) atoms. The molecular weight excluding hydrogens is 601 g/mol. The number of rotatable bonds is 27. The fourth-order valence-electron chi connectivity index (χ4n) is 5.22. The molecule has 0 bridgehead atoms. The van der Waals surface area contributed by atoms with Crippen LogP contribution >= 0.6 is 29.3 Å². The van der Waals surface area contributed by atoms with Gasteiger partial charge in [0.2, 0.25) is 0 Å². The smallest absolute Gasteiger partial charge is 0.348 e. The summed E-state index contributed by atoms with van der Waals surface area (Å²) in [6, 6.07) is 0. The van der Waals surface area contributed by atoms with E-state index in [1.807, 2.05) is 0 Å². The lowest BCUT2D eigenvalue weighted by molar-refractivity contribution is -0.125. The highest BCUT2D eigenvalue weighted by atomic mass is 33.1. The topological polar surface area (TPSA) is 130 Å². The minimum absolute atomic E-state index is 0.125. The van der Waals surface area contributed by atoms with E-state index in [4.69, 9.17) is 10.5 Å². The zero-order chi connectivity index (χ0) is 31.3. The Morgan fingerprint density at radius 2 is 1.49 bits per heavy atom. The lowest BCUT2D eigenvalue weighted by Crippen LogP contribution is -2.36. The number of Topliss-reactive ketones (excluding diaryl/α,β-unsaturated/α-hetero) is 1. The summed E-state index contributed by atoms with van der Waals surface area (Å²) in [6.07, 6.45) is 21.7. The van der Waals surface area contributed by atoms with E-state index in [1.54, 1.807) is 46.3 Å². The van der Waals surface area contributed by atoms with Gasteiger partial charge in [-0.1, -0.05) is 119 Å². The van der Waals surface area contributed by atoms with E-state index in [9.17, 15) is 13.9 Å². The molecule has 2 aromatic rings. The van der Waals surface area contributed by atoms with Crippen molar-refractivity contribution in [2.24, 2.45) is 0 Å². The van der Waals surface area contributed by atoms with Crippen molar-refractivity contribution in [1.82, 2.24) is 19.5 Å². The van der Waals surface area contributed by atoms with Gasteiger partial charge < -0.3 is 15.0 Å². The number of anilines is 1. The van der Waals surface area contributed by atoms with E-state index >= 15 is 0 Å². The monoisotopic (exact) mass is 655 g/mol. The second-order valence-corrected chi connectivity index (χ2v) is 15.6. The van der Waals surface area contributed by atoms with Crippen molar-refractivity contribution >= 4 is 52.0 Å². The first-order valence-corrected chi connectivity index (χ1v) is 20.0. The quantitative estimate of drug-likeness (QED) is 0.0564. The van der Waals surface area contributed by atoms with Crippen molar-refractivity contribution in [1.29, 1.82) is 0 Å². The summed E-state index contributed by atoms with van der Waals surface area (Å²) in [5.74, 6) is 1.79. The summed E-state index contributed by atoms with van der Waals surface area (Å²) in [4.78, 5) is 24.9. The second-order valence-electron chi connectivity index (χ2n) is 11.5. The SMILES string of the molecule is CCCCCCCCCCCCCCCCSSCCC(CC(=O)CC)(OC(C)Cn1cnc2c(N)ncnc21)P(=O)=O. The van der Waals surface area contributed by atoms with E-state index < -0.39 is 19.1 Å². The molecule has 0 saturated heterocycles. The van der Waals surface area contributed by atoms with Crippen LogP contribution in [0.3, 0.4) is 0 Å². The molecule has 2 rings (SSSR count). The number of unbranched alkanes of at least 4 members (excludes halogenated alkanes) is 13. The van der Waals surface area contributed by atoms with Crippen LogP contribution in [-0.2, 0) is 25.2 Å². The van der Waals surface area contributed by atoms with Gasteiger partial charge in [-0.15, -0.1) is 0 Å². The summed E-state index contributed by atoms with van der Waals surface area (Å²) < 4.78 is 33.1. The van der Waals surface area contributed by atoms with Gasteiger partial charge in [0.15, 0.2) is 16.8 Å². The molecule has 2 atom stereocenters. The molecule has 9 nitrogen and oxygen atoms in total. The molecular formula is C31H54N5O4PS2. The lowest BCUT2D eigenvalue weighted by Gasteiger charge is -2.29. The van der Waals surface area contributed by atoms with Crippen LogP contribution in [0.1, 0.15) is 130 Å². The van der Waals surface area contributed by atoms with Gasteiger partial charge in [-0.25, -0.2) is 24.1 Å². The molecule has 0 amide bonds. The predicted molar refractivity (Wildman–Crippen MR) is 181 cm³/mol. The fraction of sp³-hybridized carbons (Fsp3) is 0.806. The minimum atomic E-state index is -3.00. The number of carbonyl (C=O) groups is 1. The first-order valence-electron chi connectivity index (χ1n) is 16.3. The van der Waals surface area contributed by atoms with Crippen LogP contribution in [0.25, 0.3) is 11.2 Å². The highest BCUT2D eigenvalue weighted by molar-refractivity contribution is 8.76. The first kappa shape index (κ1) is 37.8. The molecule has 0 aliphatic carbocycles. The normalized spacial score (nSPS) is 13.7. The molecule has 12 heteroatoms. The summed E-state index contributed by atoms with van der Waals surface area (Å²) in [5, 5.41) is -1.53. The van der Waals surface area contributed by atoms with Gasteiger partial charge in [0.1, 0.15) is 17.6 Å². The van der Waals surface area contributed by atoms with Gasteiger partial charge in [0.25, 0.3) is 0 Å². The molecule has 0 spiro atoms. The number of nitrogens with zero attached hydrogens (tertiary/aromatic N) is 4. The van der Waals surface area contributed by atoms with Crippen LogP contribution < -0.4 is 5.73 Å². The standard InChI is InChI=1S/C31H54N5O4PS2/c1-4-6-7-8-9-10-11-12-13-14-15-16-17-18-20-42-43-21-19-31(41(38)39,22-27(37)5-2)40-26(3)23-36-25-35-28-29(32)33-24-34-30(28)36/h24-26H,4-23H2,1-3H3,(H2,32,33,34). The summed E-state index contributed by atoms with van der Waals surface area (Å²) >= 11 is 0. The maximum Gasteiger partial charge on any atom is 0.348 e. The van der Waals surface area contributed by atoms with Crippen molar-refractivity contribution in [2.75, 3.05) is 17.2 Å². The number of nitrogens with two attached hydrogens (primary N) is 1. The molecule has 244 valence electrons. The van der Waals surface area contributed by atoms with Gasteiger partial charge in [-0.3, -0.25) is 4.79 Å². The van der Waals surface area contributed by atoms with Crippen LogP contribution in [0.2, 0.25) is 0 Å². The molecule has 2 aromatic heterocycles. The second kappa shape index (κ2) is 22.1. The number of aromatic nitrogens is 4. The third-order valence-electron chi connectivity index (χ3n) is 7.74. The Hall–Kier alpha value is -1.42. The lowest BCUT2D eigenvalue weighted by atomic mass is 10.0. The number of carbonyl (C=O) groups excluding carboxylic acids is 1. The zero-order valence-electron chi connectivity index (χ0n) is 26.6. The van der Waals surface area contributed by atoms with Crippen molar-refractivity contribution < 1.29 is 18.7 Å². The average Bonchev–Trinajstić information content (AvgIpc) is 3.39. The zero-order valence-corrected chi connectivity index (χ0v) is 29.2. The number of hydrogen-bond acceptors (Lipinski definition) is 10. The predicted octanol–water partition coefficient (Wildman–Crippen LogP) is 9.30. The van der Waals surface area contributed by atoms with Gasteiger partial charge in [-0.05, 0) is 13.3 Å². The van der Waals surface area contributed by atoms with Gasteiger partial charge >= 0.3 is 7.68 Å². The molecule has 0 aromatic carbocycles. The Kier molecular flexibility index (Phi) is 19.4. The van der Waals surface area contributed by atoms with Gasteiger partial charge in [-0.2, -0.15) is 0 Å². The number of ketones is 1.